The summed E-state index contributed by atoms with van der Waals surface area (Å²) in [5.41, 5.74) is 1.90. The fraction of sp³-hybridized carbons (Fsp3) is 0.222. The number of allylic oxidation sites excluding steroid dienone is 1. The van der Waals surface area contributed by atoms with Crippen molar-refractivity contribution in [3.63, 3.8) is 0 Å². The van der Waals surface area contributed by atoms with Crippen molar-refractivity contribution < 1.29 is 4.79 Å². The van der Waals surface area contributed by atoms with E-state index in [2.05, 4.69) is 6.58 Å². The molecule has 58 valence electrons. The summed E-state index contributed by atoms with van der Waals surface area (Å²) in [6, 6.07) is 3.83. The summed E-state index contributed by atoms with van der Waals surface area (Å²) < 4.78 is 1.63. The molecule has 1 aromatic rings. The van der Waals surface area contributed by atoms with Crippen molar-refractivity contribution >= 4 is 5.91 Å². The molecule has 1 rings (SSSR count). The molecule has 0 radical (unpaired) electrons. The summed E-state index contributed by atoms with van der Waals surface area (Å²) in [7, 11) is 0. The number of aryl methyl sites for hydroxylation is 2. The molecule has 2 nitrogen and oxygen atoms in total. The zero-order valence-corrected chi connectivity index (χ0v) is 6.79. The summed E-state index contributed by atoms with van der Waals surface area (Å²) in [6.45, 7) is 7.22. The summed E-state index contributed by atoms with van der Waals surface area (Å²) in [5.74, 6) is -0.0648. The van der Waals surface area contributed by atoms with E-state index in [-0.39, 0.29) is 5.91 Å². The van der Waals surface area contributed by atoms with Gasteiger partial charge in [0.1, 0.15) is 0 Å². The zero-order chi connectivity index (χ0) is 8.43. The Morgan fingerprint density at radius 1 is 1.45 bits per heavy atom. The first-order valence-electron chi connectivity index (χ1n) is 3.48. The third-order valence-electron chi connectivity index (χ3n) is 1.67. The van der Waals surface area contributed by atoms with Crippen LogP contribution in [0.5, 0.6) is 0 Å². The molecule has 0 bridgehead atoms. The Hall–Kier alpha value is -1.31. The standard InChI is InChI=1S/C9H11NO/c1-4-9(11)10-7(2)5-6-8(10)3/h4-6H,1H2,2-3H3. The Morgan fingerprint density at radius 2 is 1.91 bits per heavy atom. The summed E-state index contributed by atoms with van der Waals surface area (Å²) in [5, 5.41) is 0. The molecule has 11 heavy (non-hydrogen) atoms. The molecule has 0 aliphatic carbocycles. The number of nitrogens with zero attached hydrogens (tertiary/aromatic N) is 1. The molecular weight excluding hydrogens is 138 g/mol. The lowest BCUT2D eigenvalue weighted by Crippen LogP contribution is -2.09. The Morgan fingerprint density at radius 3 is 2.27 bits per heavy atom. The number of carbonyl (C=O) groups excluding carboxylic acids is 1. The number of aromatic nitrogens is 1. The molecule has 0 saturated carbocycles. The van der Waals surface area contributed by atoms with Gasteiger partial charge in [-0.2, -0.15) is 0 Å². The first-order valence-corrected chi connectivity index (χ1v) is 3.48. The van der Waals surface area contributed by atoms with E-state index in [1.165, 1.54) is 6.08 Å². The molecule has 0 spiro atoms. The van der Waals surface area contributed by atoms with Crippen LogP contribution in [-0.2, 0) is 0 Å². The number of hydrogen-bond acceptors (Lipinski definition) is 1. The predicted molar refractivity (Wildman–Crippen MR) is 44.7 cm³/mol. The van der Waals surface area contributed by atoms with Gasteiger partial charge in [0.15, 0.2) is 0 Å². The summed E-state index contributed by atoms with van der Waals surface area (Å²) in [6.07, 6.45) is 1.32. The van der Waals surface area contributed by atoms with Crippen molar-refractivity contribution in [2.45, 2.75) is 13.8 Å². The van der Waals surface area contributed by atoms with Crippen LogP contribution in [0.2, 0.25) is 0 Å². The van der Waals surface area contributed by atoms with E-state index in [0.29, 0.717) is 0 Å². The molecule has 0 aromatic carbocycles. The molecule has 0 aliphatic heterocycles. The Balaban J connectivity index is 3.20. The van der Waals surface area contributed by atoms with Gasteiger partial charge in [-0.1, -0.05) is 6.58 Å². The highest BCUT2D eigenvalue weighted by molar-refractivity contribution is 5.90. The van der Waals surface area contributed by atoms with Crippen molar-refractivity contribution in [2.75, 3.05) is 0 Å². The molecule has 0 fully saturated rings. The Bertz CT molecular complexity index is 277. The van der Waals surface area contributed by atoms with Crippen LogP contribution in [-0.4, -0.2) is 10.5 Å². The molecule has 0 amide bonds. The van der Waals surface area contributed by atoms with Crippen LogP contribution in [0.25, 0.3) is 0 Å². The molecule has 1 heterocycles. The second kappa shape index (κ2) is 2.74. The van der Waals surface area contributed by atoms with E-state index in [4.69, 9.17) is 0 Å². The topological polar surface area (TPSA) is 22.0 Å². The average Bonchev–Trinajstić information content (AvgIpc) is 2.30. The van der Waals surface area contributed by atoms with Gasteiger partial charge in [-0.15, -0.1) is 0 Å². The number of carbonyl (C=O) groups is 1. The van der Waals surface area contributed by atoms with Gasteiger partial charge in [-0.25, -0.2) is 0 Å². The first kappa shape index (κ1) is 7.79. The van der Waals surface area contributed by atoms with E-state index in [1.807, 2.05) is 26.0 Å². The maximum absolute atomic E-state index is 11.2. The lowest BCUT2D eigenvalue weighted by Gasteiger charge is -2.02. The molecular formula is C9H11NO. The van der Waals surface area contributed by atoms with E-state index < -0.39 is 0 Å². The largest absolute Gasteiger partial charge is 0.286 e. The Kier molecular flexibility index (Phi) is 1.94. The molecule has 0 atom stereocenters. The number of rotatable bonds is 1. The normalized spacial score (nSPS) is 9.64. The quantitative estimate of drug-likeness (QED) is 0.559. The van der Waals surface area contributed by atoms with Gasteiger partial charge in [0.2, 0.25) is 0 Å². The van der Waals surface area contributed by atoms with Gasteiger partial charge in [-0.3, -0.25) is 9.36 Å². The van der Waals surface area contributed by atoms with Crippen molar-refractivity contribution in [3.05, 3.63) is 36.2 Å². The van der Waals surface area contributed by atoms with E-state index in [1.54, 1.807) is 4.57 Å². The van der Waals surface area contributed by atoms with Crippen molar-refractivity contribution in [2.24, 2.45) is 0 Å². The SMILES string of the molecule is C=CC(=O)n1c(C)ccc1C. The third-order valence-corrected chi connectivity index (χ3v) is 1.67. The van der Waals surface area contributed by atoms with Gasteiger partial charge in [-0.05, 0) is 32.1 Å². The molecule has 0 aliphatic rings. The second-order valence-corrected chi connectivity index (χ2v) is 2.49. The van der Waals surface area contributed by atoms with Crippen LogP contribution in [0.3, 0.4) is 0 Å². The van der Waals surface area contributed by atoms with Crippen molar-refractivity contribution in [1.82, 2.24) is 4.57 Å². The summed E-state index contributed by atoms with van der Waals surface area (Å²) in [4.78, 5) is 11.2. The molecule has 0 saturated heterocycles. The highest BCUT2D eigenvalue weighted by Crippen LogP contribution is 2.06. The van der Waals surface area contributed by atoms with E-state index in [0.717, 1.165) is 11.4 Å². The lowest BCUT2D eigenvalue weighted by molar-refractivity contribution is 0.0965. The average molecular weight is 149 g/mol. The molecule has 1 aromatic heterocycles. The van der Waals surface area contributed by atoms with Gasteiger partial charge in [0, 0.05) is 11.4 Å². The highest BCUT2D eigenvalue weighted by Gasteiger charge is 2.04. The smallest absolute Gasteiger partial charge is 0.254 e. The van der Waals surface area contributed by atoms with Gasteiger partial charge in [0.25, 0.3) is 5.91 Å². The van der Waals surface area contributed by atoms with Crippen molar-refractivity contribution in [3.8, 4) is 0 Å². The molecule has 2 heteroatoms. The monoisotopic (exact) mass is 149 g/mol. The molecule has 0 unspecified atom stereocenters. The minimum atomic E-state index is -0.0648. The van der Waals surface area contributed by atoms with Gasteiger partial charge in [0.05, 0.1) is 0 Å². The minimum Gasteiger partial charge on any atom is -0.286 e. The third kappa shape index (κ3) is 1.24. The lowest BCUT2D eigenvalue weighted by atomic mass is 10.4. The maximum atomic E-state index is 11.2. The number of hydrogen-bond donors (Lipinski definition) is 0. The Labute approximate surface area is 66.1 Å². The van der Waals surface area contributed by atoms with E-state index in [9.17, 15) is 4.79 Å². The van der Waals surface area contributed by atoms with Crippen LogP contribution in [0.15, 0.2) is 24.8 Å². The van der Waals surface area contributed by atoms with Crippen LogP contribution < -0.4 is 0 Å². The zero-order valence-electron chi connectivity index (χ0n) is 6.79. The van der Waals surface area contributed by atoms with Crippen LogP contribution >= 0.6 is 0 Å². The predicted octanol–water partition coefficient (Wildman–Crippen LogP) is 1.93. The van der Waals surface area contributed by atoms with Crippen LogP contribution in [0, 0.1) is 13.8 Å². The molecule has 0 N–H and O–H groups in total. The maximum Gasteiger partial charge on any atom is 0.254 e. The van der Waals surface area contributed by atoms with Gasteiger partial charge < -0.3 is 0 Å². The first-order chi connectivity index (χ1) is 5.16. The van der Waals surface area contributed by atoms with Crippen molar-refractivity contribution in [1.29, 1.82) is 0 Å². The van der Waals surface area contributed by atoms with Crippen LogP contribution in [0.4, 0.5) is 0 Å². The summed E-state index contributed by atoms with van der Waals surface area (Å²) >= 11 is 0. The van der Waals surface area contributed by atoms with Crippen LogP contribution in [0.1, 0.15) is 16.2 Å². The fourth-order valence-electron chi connectivity index (χ4n) is 1.11. The second-order valence-electron chi connectivity index (χ2n) is 2.49. The van der Waals surface area contributed by atoms with Gasteiger partial charge >= 0.3 is 0 Å². The highest BCUT2D eigenvalue weighted by atomic mass is 16.1. The van der Waals surface area contributed by atoms with E-state index >= 15 is 0 Å². The fourth-order valence-corrected chi connectivity index (χ4v) is 1.11. The minimum absolute atomic E-state index is 0.0648.